The number of nitrogens with two attached hydrogens (primary N) is 1. The summed E-state index contributed by atoms with van der Waals surface area (Å²) in [6, 6.07) is 5.09. The summed E-state index contributed by atoms with van der Waals surface area (Å²) >= 11 is 7.86. The van der Waals surface area contributed by atoms with Crippen LogP contribution in [0.1, 0.15) is 24.2 Å². The van der Waals surface area contributed by atoms with Crippen LogP contribution in [-0.4, -0.2) is 34.4 Å². The molecule has 19 heavy (non-hydrogen) atoms. The van der Waals surface area contributed by atoms with Crippen molar-refractivity contribution in [3.8, 4) is 0 Å². The van der Waals surface area contributed by atoms with Gasteiger partial charge in [0.2, 0.25) is 0 Å². The first kappa shape index (κ1) is 14.5. The van der Waals surface area contributed by atoms with E-state index in [0.29, 0.717) is 16.3 Å². The van der Waals surface area contributed by atoms with Gasteiger partial charge in [-0.3, -0.25) is 10.6 Å². The molecule has 0 aromatic heterocycles. The molecule has 1 aromatic rings. The standard InChI is InChI=1S/C13H18ClN3OS/c1-13(2)8-17(5-6-19-13)12(18)10-7-9(14)3-4-11(10)16-15/h3-4,7,16H,5-6,8,15H2,1-2H3. The molecule has 0 aliphatic carbocycles. The Labute approximate surface area is 122 Å². The predicted octanol–water partition coefficient (Wildman–Crippen LogP) is 2.59. The van der Waals surface area contributed by atoms with Crippen LogP contribution in [0.2, 0.25) is 5.02 Å². The lowest BCUT2D eigenvalue weighted by atomic mass is 10.1. The molecule has 3 N–H and O–H groups in total. The largest absolute Gasteiger partial charge is 0.336 e. The van der Waals surface area contributed by atoms with Crippen molar-refractivity contribution in [1.29, 1.82) is 0 Å². The van der Waals surface area contributed by atoms with E-state index in [0.717, 1.165) is 18.8 Å². The number of amides is 1. The number of thioether (sulfide) groups is 1. The van der Waals surface area contributed by atoms with E-state index in [4.69, 9.17) is 17.4 Å². The van der Waals surface area contributed by atoms with Crippen LogP contribution in [0.5, 0.6) is 0 Å². The first-order chi connectivity index (χ1) is 8.93. The molecular weight excluding hydrogens is 282 g/mol. The van der Waals surface area contributed by atoms with Gasteiger partial charge >= 0.3 is 0 Å². The number of hydrazine groups is 1. The van der Waals surface area contributed by atoms with Crippen molar-refractivity contribution in [1.82, 2.24) is 4.90 Å². The number of hydrogen-bond donors (Lipinski definition) is 2. The zero-order valence-electron chi connectivity index (χ0n) is 11.1. The fourth-order valence-corrected chi connectivity index (χ4v) is 3.46. The van der Waals surface area contributed by atoms with Crippen molar-refractivity contribution >= 4 is 35.0 Å². The molecule has 1 heterocycles. The van der Waals surface area contributed by atoms with Gasteiger partial charge < -0.3 is 10.3 Å². The van der Waals surface area contributed by atoms with Crippen molar-refractivity contribution in [2.75, 3.05) is 24.3 Å². The van der Waals surface area contributed by atoms with Crippen molar-refractivity contribution in [3.05, 3.63) is 28.8 Å². The molecule has 0 atom stereocenters. The lowest BCUT2D eigenvalue weighted by Gasteiger charge is -2.37. The number of benzene rings is 1. The van der Waals surface area contributed by atoms with E-state index in [2.05, 4.69) is 19.3 Å². The molecule has 0 spiro atoms. The highest BCUT2D eigenvalue weighted by Crippen LogP contribution is 2.31. The lowest BCUT2D eigenvalue weighted by Crippen LogP contribution is -2.46. The number of carbonyl (C=O) groups is 1. The minimum Gasteiger partial charge on any atom is -0.336 e. The predicted molar refractivity (Wildman–Crippen MR) is 81.7 cm³/mol. The number of rotatable bonds is 2. The van der Waals surface area contributed by atoms with E-state index in [1.54, 1.807) is 18.2 Å². The molecule has 4 nitrogen and oxygen atoms in total. The van der Waals surface area contributed by atoms with E-state index in [1.807, 2.05) is 16.7 Å². The van der Waals surface area contributed by atoms with Gasteiger partial charge in [-0.1, -0.05) is 11.6 Å². The molecule has 1 aromatic carbocycles. The number of nitrogen functional groups attached to an aromatic ring is 1. The molecule has 2 rings (SSSR count). The molecule has 0 radical (unpaired) electrons. The molecule has 1 fully saturated rings. The van der Waals surface area contributed by atoms with Crippen LogP contribution in [0.25, 0.3) is 0 Å². The zero-order chi connectivity index (χ0) is 14.0. The second kappa shape index (κ2) is 5.61. The van der Waals surface area contributed by atoms with Gasteiger partial charge in [-0.05, 0) is 32.0 Å². The Morgan fingerprint density at radius 3 is 2.89 bits per heavy atom. The smallest absolute Gasteiger partial charge is 0.256 e. The number of halogens is 1. The van der Waals surface area contributed by atoms with E-state index < -0.39 is 0 Å². The molecule has 1 aliphatic heterocycles. The van der Waals surface area contributed by atoms with Gasteiger partial charge in [0.25, 0.3) is 5.91 Å². The fraction of sp³-hybridized carbons (Fsp3) is 0.462. The van der Waals surface area contributed by atoms with Crippen molar-refractivity contribution in [3.63, 3.8) is 0 Å². The van der Waals surface area contributed by atoms with Gasteiger partial charge in [0.15, 0.2) is 0 Å². The van der Waals surface area contributed by atoms with Gasteiger partial charge in [0.05, 0.1) is 11.3 Å². The minimum atomic E-state index is -0.0242. The van der Waals surface area contributed by atoms with Crippen LogP contribution >= 0.6 is 23.4 Å². The molecule has 1 saturated heterocycles. The molecule has 1 aliphatic rings. The van der Waals surface area contributed by atoms with Crippen LogP contribution in [-0.2, 0) is 0 Å². The Morgan fingerprint density at radius 2 is 2.26 bits per heavy atom. The summed E-state index contributed by atoms with van der Waals surface area (Å²) in [7, 11) is 0. The average Bonchev–Trinajstić information content (AvgIpc) is 2.36. The fourth-order valence-electron chi connectivity index (χ4n) is 2.18. The number of nitrogens with one attached hydrogen (secondary N) is 1. The van der Waals surface area contributed by atoms with E-state index >= 15 is 0 Å². The van der Waals surface area contributed by atoms with E-state index in [-0.39, 0.29) is 10.7 Å². The molecule has 1 amide bonds. The zero-order valence-corrected chi connectivity index (χ0v) is 12.6. The molecular formula is C13H18ClN3OS. The summed E-state index contributed by atoms with van der Waals surface area (Å²) in [5.41, 5.74) is 3.68. The summed E-state index contributed by atoms with van der Waals surface area (Å²) in [5, 5.41) is 0.535. The van der Waals surface area contributed by atoms with Crippen LogP contribution in [0.15, 0.2) is 18.2 Å². The Bertz CT molecular complexity index is 493. The van der Waals surface area contributed by atoms with Crippen molar-refractivity contribution in [2.24, 2.45) is 5.84 Å². The van der Waals surface area contributed by atoms with Gasteiger partial charge in [-0.2, -0.15) is 11.8 Å². The second-order valence-electron chi connectivity index (χ2n) is 5.17. The van der Waals surface area contributed by atoms with Crippen LogP contribution < -0.4 is 11.3 Å². The number of anilines is 1. The Morgan fingerprint density at radius 1 is 1.53 bits per heavy atom. The lowest BCUT2D eigenvalue weighted by molar-refractivity contribution is 0.0749. The highest BCUT2D eigenvalue weighted by atomic mass is 35.5. The number of carbonyl (C=O) groups excluding carboxylic acids is 1. The van der Waals surface area contributed by atoms with Crippen LogP contribution in [0.4, 0.5) is 5.69 Å². The van der Waals surface area contributed by atoms with Crippen molar-refractivity contribution in [2.45, 2.75) is 18.6 Å². The Hall–Kier alpha value is -0.910. The molecule has 0 bridgehead atoms. The monoisotopic (exact) mass is 299 g/mol. The van der Waals surface area contributed by atoms with Gasteiger partial charge in [0.1, 0.15) is 0 Å². The quantitative estimate of drug-likeness (QED) is 0.651. The molecule has 6 heteroatoms. The van der Waals surface area contributed by atoms with Gasteiger partial charge in [-0.15, -0.1) is 0 Å². The molecule has 0 saturated carbocycles. The number of nitrogens with zero attached hydrogens (tertiary/aromatic N) is 1. The van der Waals surface area contributed by atoms with Crippen LogP contribution in [0.3, 0.4) is 0 Å². The highest BCUT2D eigenvalue weighted by molar-refractivity contribution is 8.00. The van der Waals surface area contributed by atoms with Gasteiger partial charge in [0, 0.05) is 28.6 Å². The second-order valence-corrected chi connectivity index (χ2v) is 7.41. The summed E-state index contributed by atoms with van der Waals surface area (Å²) in [6.45, 7) is 5.78. The first-order valence-corrected chi connectivity index (χ1v) is 7.49. The summed E-state index contributed by atoms with van der Waals surface area (Å²) in [4.78, 5) is 14.4. The van der Waals surface area contributed by atoms with Crippen molar-refractivity contribution < 1.29 is 4.79 Å². The highest BCUT2D eigenvalue weighted by Gasteiger charge is 2.31. The SMILES string of the molecule is CC1(C)CN(C(=O)c2cc(Cl)ccc2NN)CCS1. The summed E-state index contributed by atoms with van der Waals surface area (Å²) < 4.78 is 0.0861. The molecule has 104 valence electrons. The topological polar surface area (TPSA) is 58.4 Å². The summed E-state index contributed by atoms with van der Waals surface area (Å²) in [6.07, 6.45) is 0. The third-order valence-corrected chi connectivity index (χ3v) is 4.61. The van der Waals surface area contributed by atoms with E-state index in [9.17, 15) is 4.79 Å². The maximum Gasteiger partial charge on any atom is 0.256 e. The maximum atomic E-state index is 12.6. The summed E-state index contributed by atoms with van der Waals surface area (Å²) in [5.74, 6) is 6.38. The Kier molecular flexibility index (Phi) is 4.28. The van der Waals surface area contributed by atoms with Gasteiger partial charge in [-0.25, -0.2) is 0 Å². The van der Waals surface area contributed by atoms with Crippen LogP contribution in [0, 0.1) is 0 Å². The average molecular weight is 300 g/mol. The first-order valence-electron chi connectivity index (χ1n) is 6.12. The molecule has 0 unspecified atom stereocenters. The van der Waals surface area contributed by atoms with E-state index in [1.165, 1.54) is 0 Å². The Balaban J connectivity index is 2.26. The normalized spacial score (nSPS) is 18.2. The maximum absolute atomic E-state index is 12.6. The third kappa shape index (κ3) is 3.35. The third-order valence-electron chi connectivity index (χ3n) is 3.08. The minimum absolute atomic E-state index is 0.0242. The number of hydrogen-bond acceptors (Lipinski definition) is 4.